The molecule has 0 fully saturated rings. The fourth-order valence-electron chi connectivity index (χ4n) is 8.40. The van der Waals surface area contributed by atoms with Crippen molar-refractivity contribution in [2.75, 3.05) is 4.90 Å². The number of aromatic nitrogens is 2. The highest BCUT2D eigenvalue weighted by atomic mass is 16.4. The van der Waals surface area contributed by atoms with Gasteiger partial charge in [-0.1, -0.05) is 78.9 Å². The van der Waals surface area contributed by atoms with Crippen LogP contribution in [0.3, 0.4) is 0 Å². The molecule has 0 bridgehead atoms. The highest BCUT2D eigenvalue weighted by molar-refractivity contribution is 6.19. The Morgan fingerprint density at radius 1 is 0.436 bits per heavy atom. The standard InChI is InChI=1S/C49H29N3O3/c1-3-12-30(13-4-1)49-50-38-25-27-44-47(48(38)55-49)36-24-22-33(29-45(36)54-44)51(32-23-26-43-37(28-32)34-16-8-10-21-42(34)53-43)40-19-11-20-41-46(40)35-17-7-9-18-39(35)52(41)31-14-5-2-6-15-31/h1-29H. The molecule has 0 atom stereocenters. The zero-order valence-electron chi connectivity index (χ0n) is 29.3. The largest absolute Gasteiger partial charge is 0.456 e. The third kappa shape index (κ3) is 4.46. The van der Waals surface area contributed by atoms with Crippen LogP contribution in [0.4, 0.5) is 17.1 Å². The van der Waals surface area contributed by atoms with E-state index in [0.717, 1.165) is 99.7 Å². The Labute approximate surface area is 313 Å². The first-order valence-electron chi connectivity index (χ1n) is 18.4. The summed E-state index contributed by atoms with van der Waals surface area (Å²) in [5.74, 6) is 0.588. The molecule has 0 aliphatic carbocycles. The van der Waals surface area contributed by atoms with Gasteiger partial charge >= 0.3 is 0 Å². The first-order valence-corrected chi connectivity index (χ1v) is 18.4. The van der Waals surface area contributed by atoms with Gasteiger partial charge in [0.05, 0.1) is 22.1 Å². The summed E-state index contributed by atoms with van der Waals surface area (Å²) in [4.78, 5) is 7.18. The summed E-state index contributed by atoms with van der Waals surface area (Å²) >= 11 is 0. The zero-order valence-corrected chi connectivity index (χ0v) is 29.3. The Balaban J connectivity index is 1.12. The van der Waals surface area contributed by atoms with Gasteiger partial charge in [-0.15, -0.1) is 0 Å². The first-order chi connectivity index (χ1) is 27.3. The monoisotopic (exact) mass is 707 g/mol. The summed E-state index contributed by atoms with van der Waals surface area (Å²) in [7, 11) is 0. The van der Waals surface area contributed by atoms with E-state index >= 15 is 0 Å². The molecule has 258 valence electrons. The molecule has 0 aliphatic heterocycles. The van der Waals surface area contributed by atoms with Crippen molar-refractivity contribution in [1.82, 2.24) is 9.55 Å². The number of hydrogen-bond acceptors (Lipinski definition) is 5. The molecule has 4 heterocycles. The molecule has 0 N–H and O–H groups in total. The quantitative estimate of drug-likeness (QED) is 0.178. The minimum atomic E-state index is 0.588. The third-order valence-corrected chi connectivity index (χ3v) is 10.8. The fraction of sp³-hybridized carbons (Fsp3) is 0. The summed E-state index contributed by atoms with van der Waals surface area (Å²) in [6.45, 7) is 0. The Morgan fingerprint density at radius 2 is 1.13 bits per heavy atom. The van der Waals surface area contributed by atoms with Crippen LogP contribution in [0.1, 0.15) is 0 Å². The normalized spacial score (nSPS) is 12.0. The predicted octanol–water partition coefficient (Wildman–Crippen LogP) is 13.9. The molecule has 4 aromatic heterocycles. The van der Waals surface area contributed by atoms with Crippen LogP contribution in [-0.2, 0) is 0 Å². The van der Waals surface area contributed by atoms with Crippen LogP contribution < -0.4 is 4.90 Å². The van der Waals surface area contributed by atoms with Crippen LogP contribution in [0.25, 0.3) is 93.9 Å². The van der Waals surface area contributed by atoms with Crippen LogP contribution in [0, 0.1) is 0 Å². The SMILES string of the molecule is c1ccc(-c2nc3ccc4oc5cc(N(c6ccc7oc8ccccc8c7c6)c6cccc7c6c6ccccc6n7-c6ccccc6)ccc5c4c3o2)cc1. The Bertz CT molecular complexity index is 3440. The second kappa shape index (κ2) is 11.5. The lowest BCUT2D eigenvalue weighted by Gasteiger charge is -2.26. The maximum absolute atomic E-state index is 6.64. The van der Waals surface area contributed by atoms with E-state index in [1.165, 1.54) is 5.39 Å². The number of nitrogens with zero attached hydrogens (tertiary/aromatic N) is 3. The summed E-state index contributed by atoms with van der Waals surface area (Å²) in [5.41, 5.74) is 12.1. The van der Waals surface area contributed by atoms with Crippen molar-refractivity contribution in [1.29, 1.82) is 0 Å². The first kappa shape index (κ1) is 29.9. The molecule has 0 saturated carbocycles. The van der Waals surface area contributed by atoms with Crippen molar-refractivity contribution in [3.63, 3.8) is 0 Å². The van der Waals surface area contributed by atoms with E-state index in [0.29, 0.717) is 5.89 Å². The van der Waals surface area contributed by atoms with Gasteiger partial charge in [0, 0.05) is 55.6 Å². The molecule has 55 heavy (non-hydrogen) atoms. The van der Waals surface area contributed by atoms with Crippen molar-refractivity contribution in [3.8, 4) is 17.1 Å². The van der Waals surface area contributed by atoms with Gasteiger partial charge in [0.25, 0.3) is 0 Å². The number of rotatable bonds is 5. The Kier molecular flexibility index (Phi) is 6.24. The number of fused-ring (bicyclic) bond motifs is 11. The summed E-state index contributed by atoms with van der Waals surface area (Å²) in [5, 5.41) is 6.35. The Hall–Kier alpha value is -7.57. The zero-order chi connectivity index (χ0) is 36.0. The van der Waals surface area contributed by atoms with E-state index in [9.17, 15) is 0 Å². The molecule has 6 heteroatoms. The Morgan fingerprint density at radius 3 is 2.02 bits per heavy atom. The van der Waals surface area contributed by atoms with Crippen LogP contribution in [0.15, 0.2) is 189 Å². The summed E-state index contributed by atoms with van der Waals surface area (Å²) < 4.78 is 21.7. The average molecular weight is 708 g/mol. The van der Waals surface area contributed by atoms with E-state index in [-0.39, 0.29) is 0 Å². The van der Waals surface area contributed by atoms with E-state index in [4.69, 9.17) is 18.2 Å². The molecule has 0 radical (unpaired) electrons. The highest BCUT2D eigenvalue weighted by Crippen LogP contribution is 2.46. The van der Waals surface area contributed by atoms with Crippen LogP contribution in [0.5, 0.6) is 0 Å². The second-order valence-electron chi connectivity index (χ2n) is 13.9. The van der Waals surface area contributed by atoms with E-state index in [2.05, 4.69) is 131 Å². The van der Waals surface area contributed by atoms with E-state index in [1.54, 1.807) is 0 Å². The number of oxazole rings is 1. The molecule has 8 aromatic carbocycles. The lowest BCUT2D eigenvalue weighted by Crippen LogP contribution is -2.10. The number of furan rings is 2. The van der Waals surface area contributed by atoms with Crippen LogP contribution >= 0.6 is 0 Å². The number of hydrogen-bond donors (Lipinski definition) is 0. The van der Waals surface area contributed by atoms with Crippen molar-refractivity contribution >= 4 is 93.8 Å². The smallest absolute Gasteiger partial charge is 0.227 e. The molecular formula is C49H29N3O3. The number of benzene rings is 8. The van der Waals surface area contributed by atoms with E-state index in [1.807, 2.05) is 54.6 Å². The van der Waals surface area contributed by atoms with Gasteiger partial charge in [0.15, 0.2) is 5.58 Å². The lowest BCUT2D eigenvalue weighted by molar-refractivity contribution is 0.622. The van der Waals surface area contributed by atoms with Crippen molar-refractivity contribution in [3.05, 3.63) is 176 Å². The minimum Gasteiger partial charge on any atom is -0.456 e. The van der Waals surface area contributed by atoms with Crippen molar-refractivity contribution < 1.29 is 13.3 Å². The molecule has 0 spiro atoms. The summed E-state index contributed by atoms with van der Waals surface area (Å²) in [6, 6.07) is 60.9. The average Bonchev–Trinajstić information content (AvgIpc) is 4.02. The van der Waals surface area contributed by atoms with Crippen molar-refractivity contribution in [2.24, 2.45) is 0 Å². The fourth-order valence-corrected chi connectivity index (χ4v) is 8.40. The van der Waals surface area contributed by atoms with Gasteiger partial charge in [-0.05, 0) is 91.0 Å². The molecule has 6 nitrogen and oxygen atoms in total. The minimum absolute atomic E-state index is 0.588. The molecule has 12 aromatic rings. The van der Waals surface area contributed by atoms with E-state index < -0.39 is 0 Å². The molecule has 12 rings (SSSR count). The molecule has 0 amide bonds. The predicted molar refractivity (Wildman–Crippen MR) is 223 cm³/mol. The van der Waals surface area contributed by atoms with Crippen LogP contribution in [-0.4, -0.2) is 9.55 Å². The van der Waals surface area contributed by atoms with Crippen molar-refractivity contribution in [2.45, 2.75) is 0 Å². The van der Waals surface area contributed by atoms with Gasteiger partial charge in [0.1, 0.15) is 27.8 Å². The molecule has 0 aliphatic rings. The highest BCUT2D eigenvalue weighted by Gasteiger charge is 2.24. The van der Waals surface area contributed by atoms with Crippen LogP contribution in [0.2, 0.25) is 0 Å². The molecule has 0 saturated heterocycles. The topological polar surface area (TPSA) is 60.5 Å². The van der Waals surface area contributed by atoms with Gasteiger partial charge < -0.3 is 22.7 Å². The van der Waals surface area contributed by atoms with Gasteiger partial charge in [0.2, 0.25) is 5.89 Å². The maximum Gasteiger partial charge on any atom is 0.227 e. The molecular weight excluding hydrogens is 679 g/mol. The summed E-state index contributed by atoms with van der Waals surface area (Å²) in [6.07, 6.45) is 0. The molecule has 0 unspecified atom stereocenters. The third-order valence-electron chi connectivity index (χ3n) is 10.8. The van der Waals surface area contributed by atoms with Gasteiger partial charge in [-0.2, -0.15) is 0 Å². The maximum atomic E-state index is 6.64. The lowest BCUT2D eigenvalue weighted by atomic mass is 10.1. The second-order valence-corrected chi connectivity index (χ2v) is 13.9. The van der Waals surface area contributed by atoms with Gasteiger partial charge in [-0.3, -0.25) is 0 Å². The number of para-hydroxylation sites is 3. The van der Waals surface area contributed by atoms with Gasteiger partial charge in [-0.25, -0.2) is 4.98 Å². The number of anilines is 3.